The first-order valence-electron chi connectivity index (χ1n) is 7.57. The van der Waals surface area contributed by atoms with Gasteiger partial charge in [-0.2, -0.15) is 0 Å². The van der Waals surface area contributed by atoms with Gasteiger partial charge in [-0.3, -0.25) is 9.59 Å². The summed E-state index contributed by atoms with van der Waals surface area (Å²) >= 11 is 3.35. The molecule has 0 saturated carbocycles. The van der Waals surface area contributed by atoms with Gasteiger partial charge in [0.1, 0.15) is 6.61 Å². The number of halogens is 1. The molecule has 2 aromatic carbocycles. The van der Waals surface area contributed by atoms with Crippen molar-refractivity contribution in [3.63, 3.8) is 0 Å². The molecule has 3 rings (SSSR count). The number of hydrogen-bond acceptors (Lipinski definition) is 3. The van der Waals surface area contributed by atoms with Crippen LogP contribution in [0.25, 0.3) is 0 Å². The molecule has 1 heterocycles. The minimum absolute atomic E-state index is 0.0505. The molecule has 0 radical (unpaired) electrons. The first-order chi connectivity index (χ1) is 11.6. The van der Waals surface area contributed by atoms with Gasteiger partial charge in [0, 0.05) is 35.1 Å². The Balaban J connectivity index is 1.78. The van der Waals surface area contributed by atoms with Crippen molar-refractivity contribution in [3.05, 3.63) is 58.1 Å². The standard InChI is InChI=1S/C18H17BrN2O3/c1-24-11-17(22)21-9-8-12-4-7-15(10-16(12)21)20-18(23)13-2-5-14(19)6-3-13/h2-7,10H,8-9,11H2,1H3,(H,20,23). The molecule has 1 aliphatic heterocycles. The Bertz CT molecular complexity index is 774. The quantitative estimate of drug-likeness (QED) is 0.874. The average molecular weight is 389 g/mol. The highest BCUT2D eigenvalue weighted by Crippen LogP contribution is 2.31. The zero-order chi connectivity index (χ0) is 17.1. The van der Waals surface area contributed by atoms with Crippen LogP contribution < -0.4 is 10.2 Å². The second kappa shape index (κ2) is 7.15. The largest absolute Gasteiger partial charge is 0.375 e. The van der Waals surface area contributed by atoms with Crippen LogP contribution in [0.5, 0.6) is 0 Å². The summed E-state index contributed by atoms with van der Waals surface area (Å²) in [5.41, 5.74) is 3.18. The van der Waals surface area contributed by atoms with Crippen molar-refractivity contribution >= 4 is 39.1 Å². The van der Waals surface area contributed by atoms with Crippen molar-refractivity contribution in [2.24, 2.45) is 0 Å². The van der Waals surface area contributed by atoms with E-state index in [-0.39, 0.29) is 18.4 Å². The minimum atomic E-state index is -0.185. The Kier molecular flexibility index (Phi) is 4.97. The number of amides is 2. The fraction of sp³-hybridized carbons (Fsp3) is 0.222. The molecular weight excluding hydrogens is 372 g/mol. The predicted octanol–water partition coefficient (Wildman–Crippen LogP) is 3.24. The van der Waals surface area contributed by atoms with E-state index in [1.54, 1.807) is 17.0 Å². The van der Waals surface area contributed by atoms with Gasteiger partial charge in [-0.1, -0.05) is 22.0 Å². The molecule has 0 saturated heterocycles. The SMILES string of the molecule is COCC(=O)N1CCc2ccc(NC(=O)c3ccc(Br)cc3)cc21. The highest BCUT2D eigenvalue weighted by atomic mass is 79.9. The van der Waals surface area contributed by atoms with Crippen LogP contribution in [0.1, 0.15) is 15.9 Å². The fourth-order valence-corrected chi connectivity index (χ4v) is 2.99. The maximum Gasteiger partial charge on any atom is 0.255 e. The molecule has 1 aliphatic rings. The van der Waals surface area contributed by atoms with Crippen molar-refractivity contribution in [3.8, 4) is 0 Å². The third kappa shape index (κ3) is 3.49. The number of nitrogens with zero attached hydrogens (tertiary/aromatic N) is 1. The number of ether oxygens (including phenoxy) is 1. The lowest BCUT2D eigenvalue weighted by Crippen LogP contribution is -2.32. The van der Waals surface area contributed by atoms with Crippen molar-refractivity contribution in [2.45, 2.75) is 6.42 Å². The van der Waals surface area contributed by atoms with Crippen LogP contribution in [0, 0.1) is 0 Å². The molecule has 124 valence electrons. The lowest BCUT2D eigenvalue weighted by Gasteiger charge is -2.17. The molecule has 0 aromatic heterocycles. The van der Waals surface area contributed by atoms with Crippen LogP contribution in [0.15, 0.2) is 46.9 Å². The van der Waals surface area contributed by atoms with Gasteiger partial charge in [0.15, 0.2) is 0 Å². The van der Waals surface area contributed by atoms with Crippen molar-refractivity contribution < 1.29 is 14.3 Å². The lowest BCUT2D eigenvalue weighted by atomic mass is 10.1. The number of anilines is 2. The molecule has 0 spiro atoms. The van der Waals surface area contributed by atoms with Gasteiger partial charge in [-0.05, 0) is 48.4 Å². The third-order valence-electron chi connectivity index (χ3n) is 3.91. The van der Waals surface area contributed by atoms with E-state index in [9.17, 15) is 9.59 Å². The van der Waals surface area contributed by atoms with Gasteiger partial charge in [0.05, 0.1) is 0 Å². The summed E-state index contributed by atoms with van der Waals surface area (Å²) in [5.74, 6) is -0.261. The molecular formula is C18H17BrN2O3. The molecule has 1 N–H and O–H groups in total. The molecule has 24 heavy (non-hydrogen) atoms. The highest BCUT2D eigenvalue weighted by Gasteiger charge is 2.24. The summed E-state index contributed by atoms with van der Waals surface area (Å²) in [6.45, 7) is 0.691. The second-order valence-electron chi connectivity index (χ2n) is 5.53. The van der Waals surface area contributed by atoms with Crippen LogP contribution in [0.3, 0.4) is 0 Å². The zero-order valence-electron chi connectivity index (χ0n) is 13.2. The van der Waals surface area contributed by atoms with E-state index >= 15 is 0 Å². The molecule has 0 aliphatic carbocycles. The van der Waals surface area contributed by atoms with E-state index in [1.807, 2.05) is 30.3 Å². The summed E-state index contributed by atoms with van der Waals surface area (Å²) in [4.78, 5) is 26.1. The van der Waals surface area contributed by atoms with Gasteiger partial charge in [0.2, 0.25) is 0 Å². The minimum Gasteiger partial charge on any atom is -0.375 e. The Morgan fingerprint density at radius 1 is 1.21 bits per heavy atom. The number of nitrogens with one attached hydrogen (secondary N) is 1. The van der Waals surface area contributed by atoms with Crippen molar-refractivity contribution in [1.29, 1.82) is 0 Å². The third-order valence-corrected chi connectivity index (χ3v) is 4.44. The van der Waals surface area contributed by atoms with E-state index in [0.29, 0.717) is 17.8 Å². The van der Waals surface area contributed by atoms with Crippen LogP contribution in [-0.2, 0) is 16.0 Å². The lowest BCUT2D eigenvalue weighted by molar-refractivity contribution is -0.122. The van der Waals surface area contributed by atoms with E-state index in [2.05, 4.69) is 21.2 Å². The molecule has 0 bridgehead atoms. The van der Waals surface area contributed by atoms with Gasteiger partial charge >= 0.3 is 0 Å². The van der Waals surface area contributed by atoms with Crippen molar-refractivity contribution in [1.82, 2.24) is 0 Å². The number of carbonyl (C=O) groups excluding carboxylic acids is 2. The summed E-state index contributed by atoms with van der Waals surface area (Å²) in [7, 11) is 1.50. The summed E-state index contributed by atoms with van der Waals surface area (Å²) in [6, 6.07) is 12.8. The fourth-order valence-electron chi connectivity index (χ4n) is 2.72. The van der Waals surface area contributed by atoms with E-state index < -0.39 is 0 Å². The Morgan fingerprint density at radius 2 is 1.96 bits per heavy atom. The molecule has 5 nitrogen and oxygen atoms in total. The Morgan fingerprint density at radius 3 is 2.67 bits per heavy atom. The smallest absolute Gasteiger partial charge is 0.255 e. The first-order valence-corrected chi connectivity index (χ1v) is 8.37. The van der Waals surface area contributed by atoms with Gasteiger partial charge in [-0.25, -0.2) is 0 Å². The number of rotatable bonds is 4. The average Bonchev–Trinajstić information content (AvgIpc) is 2.99. The van der Waals surface area contributed by atoms with Crippen molar-refractivity contribution in [2.75, 3.05) is 30.5 Å². The molecule has 0 unspecified atom stereocenters. The molecule has 2 aromatic rings. The van der Waals surface area contributed by atoms with Crippen LogP contribution >= 0.6 is 15.9 Å². The molecule has 6 heteroatoms. The van der Waals surface area contributed by atoms with Gasteiger partial charge in [0.25, 0.3) is 11.8 Å². The molecule has 0 fully saturated rings. The maximum atomic E-state index is 12.3. The summed E-state index contributed by atoms with van der Waals surface area (Å²) in [5, 5.41) is 2.88. The second-order valence-corrected chi connectivity index (χ2v) is 6.45. The number of hydrogen-bond donors (Lipinski definition) is 1. The first kappa shape index (κ1) is 16.7. The summed E-state index contributed by atoms with van der Waals surface area (Å²) in [6.07, 6.45) is 0.811. The summed E-state index contributed by atoms with van der Waals surface area (Å²) < 4.78 is 5.85. The Hall–Kier alpha value is -2.18. The number of carbonyl (C=O) groups is 2. The maximum absolute atomic E-state index is 12.3. The number of fused-ring (bicyclic) bond motifs is 1. The Labute approximate surface area is 148 Å². The number of benzene rings is 2. The monoisotopic (exact) mass is 388 g/mol. The molecule has 0 atom stereocenters. The van der Waals surface area contributed by atoms with Crippen LogP contribution in [0.2, 0.25) is 0 Å². The van der Waals surface area contributed by atoms with E-state index in [4.69, 9.17) is 4.74 Å². The van der Waals surface area contributed by atoms with E-state index in [1.165, 1.54) is 7.11 Å². The van der Waals surface area contributed by atoms with Crippen LogP contribution in [-0.4, -0.2) is 32.1 Å². The molecule has 2 amide bonds. The highest BCUT2D eigenvalue weighted by molar-refractivity contribution is 9.10. The number of methoxy groups -OCH3 is 1. The normalized spacial score (nSPS) is 12.8. The van der Waals surface area contributed by atoms with Gasteiger partial charge < -0.3 is 15.0 Å². The van der Waals surface area contributed by atoms with Crippen LogP contribution in [0.4, 0.5) is 11.4 Å². The van der Waals surface area contributed by atoms with Gasteiger partial charge in [-0.15, -0.1) is 0 Å². The topological polar surface area (TPSA) is 58.6 Å². The predicted molar refractivity (Wildman–Crippen MR) is 96.5 cm³/mol. The zero-order valence-corrected chi connectivity index (χ0v) is 14.8. The van der Waals surface area contributed by atoms with E-state index in [0.717, 1.165) is 22.1 Å².